The maximum Gasteiger partial charge on any atom is 0.243 e. The van der Waals surface area contributed by atoms with Crippen LogP contribution in [0.1, 0.15) is 37.0 Å². The highest BCUT2D eigenvalue weighted by molar-refractivity contribution is 6.31. The van der Waals surface area contributed by atoms with Gasteiger partial charge < -0.3 is 15.0 Å². The zero-order valence-electron chi connectivity index (χ0n) is 21.2. The summed E-state index contributed by atoms with van der Waals surface area (Å²) in [6.45, 7) is 4.95. The highest BCUT2D eigenvalue weighted by atomic mass is 35.5. The molecule has 6 heteroatoms. The van der Waals surface area contributed by atoms with Crippen molar-refractivity contribution in [2.24, 2.45) is 5.92 Å². The summed E-state index contributed by atoms with van der Waals surface area (Å²) in [6, 6.07) is 24.3. The fourth-order valence-corrected chi connectivity index (χ4v) is 4.26. The van der Waals surface area contributed by atoms with Crippen LogP contribution in [0.4, 0.5) is 0 Å². The van der Waals surface area contributed by atoms with Crippen molar-refractivity contribution in [1.82, 2.24) is 10.2 Å². The number of halogens is 1. The minimum atomic E-state index is -0.656. The van der Waals surface area contributed by atoms with Crippen molar-refractivity contribution < 1.29 is 14.3 Å². The summed E-state index contributed by atoms with van der Waals surface area (Å²) in [5, 5.41) is 3.69. The Morgan fingerprint density at radius 3 is 2.33 bits per heavy atom. The van der Waals surface area contributed by atoms with Gasteiger partial charge in [0.25, 0.3) is 0 Å². The van der Waals surface area contributed by atoms with E-state index in [2.05, 4.69) is 19.2 Å². The maximum absolute atomic E-state index is 13.7. The molecular formula is C30H35ClN2O3. The molecule has 2 amide bonds. The number of carbonyl (C=O) groups excluding carboxylic acids is 2. The standard InChI is InChI=1S/C30H35ClN2O3/c1-22(2)20-32-30(35)28(19-23-10-5-4-6-11-23)33(21-24-12-9-14-26(18-24)36-3)29(34)17-16-25-13-7-8-15-27(25)31/h4-15,18,22,28H,16-17,19-21H2,1-3H3,(H,32,35)/t28-/m1/s1. The van der Waals surface area contributed by atoms with Crippen LogP contribution in [-0.2, 0) is 29.0 Å². The fourth-order valence-electron chi connectivity index (χ4n) is 4.03. The number of ether oxygens (including phenoxy) is 1. The molecule has 3 aromatic rings. The molecule has 0 heterocycles. The average molecular weight is 507 g/mol. The molecular weight excluding hydrogens is 472 g/mol. The van der Waals surface area contributed by atoms with Gasteiger partial charge in [0.15, 0.2) is 0 Å². The lowest BCUT2D eigenvalue weighted by atomic mass is 10.0. The molecule has 5 nitrogen and oxygen atoms in total. The highest BCUT2D eigenvalue weighted by Gasteiger charge is 2.30. The molecule has 0 aliphatic heterocycles. The van der Waals surface area contributed by atoms with E-state index in [-0.39, 0.29) is 18.2 Å². The quantitative estimate of drug-likeness (QED) is 0.343. The minimum absolute atomic E-state index is 0.0987. The monoisotopic (exact) mass is 506 g/mol. The van der Waals surface area contributed by atoms with Crippen molar-refractivity contribution in [3.8, 4) is 5.75 Å². The summed E-state index contributed by atoms with van der Waals surface area (Å²) in [6.07, 6.45) is 1.17. The number of nitrogens with one attached hydrogen (secondary N) is 1. The second kappa shape index (κ2) is 13.7. The Morgan fingerprint density at radius 1 is 0.944 bits per heavy atom. The first-order valence-electron chi connectivity index (χ1n) is 12.3. The van der Waals surface area contributed by atoms with E-state index in [9.17, 15) is 9.59 Å². The average Bonchev–Trinajstić information content (AvgIpc) is 2.89. The van der Waals surface area contributed by atoms with Crippen molar-refractivity contribution in [3.63, 3.8) is 0 Å². The molecule has 1 atom stereocenters. The first-order chi connectivity index (χ1) is 17.4. The number of benzene rings is 3. The zero-order valence-corrected chi connectivity index (χ0v) is 22.0. The van der Waals surface area contributed by atoms with Gasteiger partial charge in [0.1, 0.15) is 11.8 Å². The van der Waals surface area contributed by atoms with Crippen LogP contribution in [0.3, 0.4) is 0 Å². The van der Waals surface area contributed by atoms with E-state index in [1.807, 2.05) is 78.9 Å². The Balaban J connectivity index is 1.92. The first-order valence-corrected chi connectivity index (χ1v) is 12.7. The number of aryl methyl sites for hydroxylation is 1. The lowest BCUT2D eigenvalue weighted by molar-refractivity contribution is -0.141. The number of hydrogen-bond donors (Lipinski definition) is 1. The molecule has 0 saturated carbocycles. The van der Waals surface area contributed by atoms with Crippen LogP contribution in [0.15, 0.2) is 78.9 Å². The van der Waals surface area contributed by atoms with Gasteiger partial charge in [-0.2, -0.15) is 0 Å². The Bertz CT molecular complexity index is 1130. The van der Waals surface area contributed by atoms with E-state index in [1.54, 1.807) is 12.0 Å². The van der Waals surface area contributed by atoms with Crippen LogP contribution >= 0.6 is 11.6 Å². The van der Waals surface area contributed by atoms with Crippen molar-refractivity contribution in [2.75, 3.05) is 13.7 Å². The Hall–Kier alpha value is -3.31. The van der Waals surface area contributed by atoms with E-state index < -0.39 is 6.04 Å². The first kappa shape index (κ1) is 27.3. The normalized spacial score (nSPS) is 11.7. The summed E-state index contributed by atoms with van der Waals surface area (Å²) < 4.78 is 5.39. The van der Waals surface area contributed by atoms with Crippen LogP contribution in [-0.4, -0.2) is 36.4 Å². The van der Waals surface area contributed by atoms with Gasteiger partial charge in [0, 0.05) is 31.0 Å². The number of rotatable bonds is 12. The SMILES string of the molecule is COc1cccc(CN(C(=O)CCc2ccccc2Cl)[C@H](Cc2ccccc2)C(=O)NCC(C)C)c1. The van der Waals surface area contributed by atoms with Gasteiger partial charge in [-0.05, 0) is 47.2 Å². The summed E-state index contributed by atoms with van der Waals surface area (Å²) in [5.74, 6) is 0.758. The molecule has 0 unspecified atom stereocenters. The van der Waals surface area contributed by atoms with Crippen molar-refractivity contribution in [2.45, 2.75) is 45.7 Å². The largest absolute Gasteiger partial charge is 0.497 e. The molecule has 0 fully saturated rings. The summed E-state index contributed by atoms with van der Waals surface area (Å²) in [4.78, 5) is 28.9. The lowest BCUT2D eigenvalue weighted by Gasteiger charge is -2.32. The maximum atomic E-state index is 13.7. The van der Waals surface area contributed by atoms with Gasteiger partial charge in [-0.1, -0.05) is 86.1 Å². The number of amides is 2. The molecule has 190 valence electrons. The molecule has 0 saturated heterocycles. The summed E-state index contributed by atoms with van der Waals surface area (Å²) >= 11 is 6.34. The van der Waals surface area contributed by atoms with Crippen LogP contribution in [0.25, 0.3) is 0 Å². The molecule has 3 rings (SSSR count). The lowest BCUT2D eigenvalue weighted by Crippen LogP contribution is -2.51. The summed E-state index contributed by atoms with van der Waals surface area (Å²) in [7, 11) is 1.61. The second-order valence-electron chi connectivity index (χ2n) is 9.31. The van der Waals surface area contributed by atoms with Crippen LogP contribution in [0.2, 0.25) is 5.02 Å². The molecule has 3 aromatic carbocycles. The number of methoxy groups -OCH3 is 1. The number of hydrogen-bond acceptors (Lipinski definition) is 3. The second-order valence-corrected chi connectivity index (χ2v) is 9.72. The smallest absolute Gasteiger partial charge is 0.243 e. The molecule has 0 aromatic heterocycles. The highest BCUT2D eigenvalue weighted by Crippen LogP contribution is 2.21. The van der Waals surface area contributed by atoms with Crippen molar-refractivity contribution >= 4 is 23.4 Å². The summed E-state index contributed by atoms with van der Waals surface area (Å²) in [5.41, 5.74) is 2.81. The minimum Gasteiger partial charge on any atom is -0.497 e. The molecule has 0 aliphatic rings. The van der Waals surface area contributed by atoms with E-state index in [4.69, 9.17) is 16.3 Å². The van der Waals surface area contributed by atoms with Crippen LogP contribution < -0.4 is 10.1 Å². The molecule has 0 bridgehead atoms. The van der Waals surface area contributed by atoms with Gasteiger partial charge in [0.2, 0.25) is 11.8 Å². The van der Waals surface area contributed by atoms with Gasteiger partial charge in [-0.15, -0.1) is 0 Å². The zero-order chi connectivity index (χ0) is 25.9. The Morgan fingerprint density at radius 2 is 1.64 bits per heavy atom. The third kappa shape index (κ3) is 8.13. The van der Waals surface area contributed by atoms with Crippen molar-refractivity contribution in [3.05, 3.63) is 101 Å². The molecule has 36 heavy (non-hydrogen) atoms. The van der Waals surface area contributed by atoms with Gasteiger partial charge in [-0.25, -0.2) is 0 Å². The molecule has 0 radical (unpaired) electrons. The topological polar surface area (TPSA) is 58.6 Å². The fraction of sp³-hybridized carbons (Fsp3) is 0.333. The number of carbonyl (C=O) groups is 2. The molecule has 0 spiro atoms. The third-order valence-corrected chi connectivity index (χ3v) is 6.38. The van der Waals surface area contributed by atoms with E-state index in [0.29, 0.717) is 42.6 Å². The predicted molar refractivity (Wildman–Crippen MR) is 145 cm³/mol. The Labute approximate surface area is 219 Å². The van der Waals surface area contributed by atoms with Crippen LogP contribution in [0.5, 0.6) is 5.75 Å². The van der Waals surface area contributed by atoms with Gasteiger partial charge in [0.05, 0.1) is 7.11 Å². The number of nitrogens with zero attached hydrogens (tertiary/aromatic N) is 1. The van der Waals surface area contributed by atoms with Gasteiger partial charge in [-0.3, -0.25) is 9.59 Å². The Kier molecular flexibility index (Phi) is 10.4. The molecule has 1 N–H and O–H groups in total. The van der Waals surface area contributed by atoms with Crippen LogP contribution in [0, 0.1) is 5.92 Å². The predicted octanol–water partition coefficient (Wildman–Crippen LogP) is 5.69. The van der Waals surface area contributed by atoms with E-state index in [0.717, 1.165) is 16.7 Å². The van der Waals surface area contributed by atoms with Crippen molar-refractivity contribution in [1.29, 1.82) is 0 Å². The third-order valence-electron chi connectivity index (χ3n) is 6.01. The van der Waals surface area contributed by atoms with Gasteiger partial charge >= 0.3 is 0 Å². The molecule has 0 aliphatic carbocycles. The van der Waals surface area contributed by atoms with E-state index >= 15 is 0 Å². The van der Waals surface area contributed by atoms with E-state index in [1.165, 1.54) is 0 Å².